The molecule has 0 aliphatic heterocycles. The van der Waals surface area contributed by atoms with Crippen LogP contribution < -0.4 is 0 Å². The first-order chi connectivity index (χ1) is 44.9. The summed E-state index contributed by atoms with van der Waals surface area (Å²) in [7, 11) is -9.92. The molecule has 6 atom stereocenters. The highest BCUT2D eigenvalue weighted by molar-refractivity contribution is 7.47. The number of phosphoric ester groups is 2. The van der Waals surface area contributed by atoms with Gasteiger partial charge in [0, 0.05) is 25.7 Å². The minimum atomic E-state index is -4.96. The highest BCUT2D eigenvalue weighted by atomic mass is 31.2. The Morgan fingerprint density at radius 3 is 0.968 bits per heavy atom. The Bertz CT molecular complexity index is 1900. The second-order valence-electron chi connectivity index (χ2n) is 26.7. The van der Waals surface area contributed by atoms with E-state index in [2.05, 4.69) is 65.8 Å². The SMILES string of the molecule is CCCCCC/C=C\C=C/CCCCCCCC(=O)OC[C@H](COP(=O)(O)OC[C@@H](O)COP(=O)(O)OC[C@@H](COC(=O)CCCCCCCCCC)OC(=O)CCCCCCCCCCC(C)CC)OC(=O)CCCCCCCCCCCCCCCCCC(C)C. The van der Waals surface area contributed by atoms with E-state index >= 15 is 0 Å². The third-order valence-electron chi connectivity index (χ3n) is 16.9. The van der Waals surface area contributed by atoms with Crippen molar-refractivity contribution in [1.29, 1.82) is 0 Å². The minimum Gasteiger partial charge on any atom is -0.462 e. The lowest BCUT2D eigenvalue weighted by atomic mass is 9.99. The average Bonchev–Trinajstić information content (AvgIpc) is 2.26. The van der Waals surface area contributed by atoms with E-state index in [9.17, 15) is 43.2 Å². The number of aliphatic hydroxyl groups is 1. The molecule has 93 heavy (non-hydrogen) atoms. The normalized spacial score (nSPS) is 14.5. The quantitative estimate of drug-likeness (QED) is 0.0169. The summed E-state index contributed by atoms with van der Waals surface area (Å²) in [6.45, 7) is 9.50. The fraction of sp³-hybridized carbons (Fsp3) is 0.892. The van der Waals surface area contributed by atoms with E-state index < -0.39 is 97.5 Å². The molecular weight excluding hydrogens is 1220 g/mol. The third kappa shape index (κ3) is 66.6. The van der Waals surface area contributed by atoms with Crippen molar-refractivity contribution in [3.05, 3.63) is 24.3 Å². The van der Waals surface area contributed by atoms with Crippen LogP contribution in [0.4, 0.5) is 0 Å². The first-order valence-electron chi connectivity index (χ1n) is 37.8. The van der Waals surface area contributed by atoms with Crippen molar-refractivity contribution < 1.29 is 80.2 Å². The molecule has 0 aromatic carbocycles. The molecule has 3 N–H and O–H groups in total. The number of allylic oxidation sites excluding steroid dienone is 4. The molecule has 0 bridgehead atoms. The standard InChI is InChI=1S/C74H140O17P2/c1-7-10-12-14-16-18-19-20-22-26-29-32-39-45-51-57-72(77)85-63-70(90-73(78)58-52-46-40-33-30-27-24-21-23-25-28-31-36-42-48-54-66(4)5)65-89-93(82,83)87-61-68(75)60-86-92(80,81)88-64-69(62-84-71(76)56-50-44-38-17-15-13-11-8-2)91-74(79)59-53-47-41-35-34-37-43-49-55-67(6)9-3/h18-20,22,66-70,75H,7-17,21,23-65H2,1-6H3,(H,80,81)(H,82,83)/b19-18-,22-20-/t67?,68-,69+,70+/m0/s1. The lowest BCUT2D eigenvalue weighted by Crippen LogP contribution is -2.30. The zero-order valence-corrected chi connectivity index (χ0v) is 61.8. The molecule has 0 amide bonds. The van der Waals surface area contributed by atoms with Crippen LogP contribution in [0.5, 0.6) is 0 Å². The predicted octanol–water partition coefficient (Wildman–Crippen LogP) is 21.1. The molecule has 0 heterocycles. The van der Waals surface area contributed by atoms with E-state index in [1.807, 2.05) is 0 Å². The second-order valence-corrected chi connectivity index (χ2v) is 29.6. The van der Waals surface area contributed by atoms with Crippen LogP contribution >= 0.6 is 15.6 Å². The molecule has 0 rings (SSSR count). The molecule has 0 spiro atoms. The molecule has 19 heteroatoms. The summed E-state index contributed by atoms with van der Waals surface area (Å²) in [6.07, 6.45) is 54.9. The maximum Gasteiger partial charge on any atom is 0.472 e. The summed E-state index contributed by atoms with van der Waals surface area (Å²) >= 11 is 0. The Balaban J connectivity index is 5.26. The number of hydrogen-bond acceptors (Lipinski definition) is 15. The Kier molecular flexibility index (Phi) is 63.7. The van der Waals surface area contributed by atoms with Crippen LogP contribution in [0.15, 0.2) is 24.3 Å². The van der Waals surface area contributed by atoms with Crippen molar-refractivity contribution in [3.8, 4) is 0 Å². The smallest absolute Gasteiger partial charge is 0.462 e. The van der Waals surface area contributed by atoms with Crippen LogP contribution in [0.2, 0.25) is 0 Å². The maximum absolute atomic E-state index is 13.1. The highest BCUT2D eigenvalue weighted by Gasteiger charge is 2.30. The first kappa shape index (κ1) is 90.5. The van der Waals surface area contributed by atoms with Gasteiger partial charge in [-0.3, -0.25) is 37.3 Å². The van der Waals surface area contributed by atoms with Gasteiger partial charge in [-0.15, -0.1) is 0 Å². The van der Waals surface area contributed by atoms with Crippen LogP contribution in [-0.2, 0) is 65.4 Å². The van der Waals surface area contributed by atoms with Gasteiger partial charge in [-0.05, 0) is 63.2 Å². The number of ether oxygens (including phenoxy) is 4. The molecular formula is C74H140O17P2. The molecule has 0 aromatic heterocycles. The van der Waals surface area contributed by atoms with Gasteiger partial charge in [-0.1, -0.05) is 303 Å². The van der Waals surface area contributed by atoms with Crippen molar-refractivity contribution in [2.45, 2.75) is 374 Å². The molecule has 3 unspecified atom stereocenters. The second kappa shape index (κ2) is 65.5. The van der Waals surface area contributed by atoms with Crippen molar-refractivity contribution in [2.24, 2.45) is 11.8 Å². The summed E-state index contributed by atoms with van der Waals surface area (Å²) in [4.78, 5) is 72.6. The number of carbonyl (C=O) groups excluding carboxylic acids is 4. The van der Waals surface area contributed by atoms with Crippen molar-refractivity contribution in [1.82, 2.24) is 0 Å². The van der Waals surface area contributed by atoms with E-state index in [4.69, 9.17) is 37.0 Å². The molecule has 0 aromatic rings. The summed E-state index contributed by atoms with van der Waals surface area (Å²) in [6, 6.07) is 0. The monoisotopic (exact) mass is 1360 g/mol. The van der Waals surface area contributed by atoms with E-state index in [1.54, 1.807) is 0 Å². The lowest BCUT2D eigenvalue weighted by molar-refractivity contribution is -0.161. The van der Waals surface area contributed by atoms with Gasteiger partial charge in [-0.25, -0.2) is 9.13 Å². The van der Waals surface area contributed by atoms with Crippen molar-refractivity contribution in [3.63, 3.8) is 0 Å². The average molecular weight is 1360 g/mol. The molecule has 17 nitrogen and oxygen atoms in total. The summed E-state index contributed by atoms with van der Waals surface area (Å²) in [5.74, 6) is -0.584. The molecule has 0 saturated heterocycles. The van der Waals surface area contributed by atoms with E-state index in [1.165, 1.54) is 148 Å². The maximum atomic E-state index is 13.1. The fourth-order valence-electron chi connectivity index (χ4n) is 10.7. The van der Waals surface area contributed by atoms with Gasteiger partial charge >= 0.3 is 39.5 Å². The first-order valence-corrected chi connectivity index (χ1v) is 40.8. The van der Waals surface area contributed by atoms with Crippen molar-refractivity contribution >= 4 is 39.5 Å². The lowest BCUT2D eigenvalue weighted by Gasteiger charge is -2.21. The summed E-state index contributed by atoms with van der Waals surface area (Å²) in [5.41, 5.74) is 0. The summed E-state index contributed by atoms with van der Waals surface area (Å²) < 4.78 is 68.3. The number of esters is 4. The molecule has 0 aliphatic rings. The number of phosphoric acid groups is 2. The van der Waals surface area contributed by atoms with Gasteiger partial charge in [0.25, 0.3) is 0 Å². The van der Waals surface area contributed by atoms with Gasteiger partial charge in [0.15, 0.2) is 12.2 Å². The van der Waals surface area contributed by atoms with Crippen LogP contribution in [0.25, 0.3) is 0 Å². The molecule has 0 aliphatic carbocycles. The van der Waals surface area contributed by atoms with Crippen molar-refractivity contribution in [2.75, 3.05) is 39.6 Å². The predicted molar refractivity (Wildman–Crippen MR) is 377 cm³/mol. The number of aliphatic hydroxyl groups excluding tert-OH is 1. The van der Waals surface area contributed by atoms with Crippen LogP contribution in [-0.4, -0.2) is 96.7 Å². The zero-order valence-electron chi connectivity index (χ0n) is 60.0. The van der Waals surface area contributed by atoms with Gasteiger partial charge < -0.3 is 33.8 Å². The van der Waals surface area contributed by atoms with E-state index in [0.29, 0.717) is 25.7 Å². The number of carbonyl (C=O) groups is 4. The Morgan fingerprint density at radius 1 is 0.355 bits per heavy atom. The van der Waals surface area contributed by atoms with E-state index in [0.717, 1.165) is 127 Å². The Morgan fingerprint density at radius 2 is 0.634 bits per heavy atom. The Labute approximate surface area is 567 Å². The fourth-order valence-corrected chi connectivity index (χ4v) is 12.3. The molecule has 0 saturated carbocycles. The zero-order chi connectivity index (χ0) is 68.6. The minimum absolute atomic E-state index is 0.101. The number of unbranched alkanes of at least 4 members (excludes halogenated alkanes) is 37. The van der Waals surface area contributed by atoms with Gasteiger partial charge in [-0.2, -0.15) is 0 Å². The van der Waals surface area contributed by atoms with Crippen LogP contribution in [0, 0.1) is 11.8 Å². The molecule has 0 radical (unpaired) electrons. The largest absolute Gasteiger partial charge is 0.472 e. The third-order valence-corrected chi connectivity index (χ3v) is 18.8. The summed E-state index contributed by atoms with van der Waals surface area (Å²) in [5, 5.41) is 10.6. The molecule has 0 fully saturated rings. The Hall–Kier alpha value is -2.46. The van der Waals surface area contributed by atoms with Gasteiger partial charge in [0.2, 0.25) is 0 Å². The van der Waals surface area contributed by atoms with Crippen LogP contribution in [0.3, 0.4) is 0 Å². The topological polar surface area (TPSA) is 237 Å². The molecule has 548 valence electrons. The number of rotatable bonds is 71. The van der Waals surface area contributed by atoms with Gasteiger partial charge in [0.05, 0.1) is 26.4 Å². The van der Waals surface area contributed by atoms with Gasteiger partial charge in [0.1, 0.15) is 19.3 Å². The number of hydrogen-bond donors (Lipinski definition) is 3. The highest BCUT2D eigenvalue weighted by Crippen LogP contribution is 2.45. The van der Waals surface area contributed by atoms with Crippen LogP contribution in [0.1, 0.15) is 356 Å². The van der Waals surface area contributed by atoms with E-state index in [-0.39, 0.29) is 25.7 Å².